The number of aliphatic hydroxyl groups is 1. The average Bonchev–Trinajstić information content (AvgIpc) is 3.20. The number of hydrogen-bond donors (Lipinski definition) is 2. The summed E-state index contributed by atoms with van der Waals surface area (Å²) in [6.45, 7) is -0.324. The largest absolute Gasteiger partial charge is 0.436 e. The molecule has 1 aliphatic heterocycles. The number of anilines is 1. The van der Waals surface area contributed by atoms with E-state index >= 15 is 0 Å². The first-order valence-corrected chi connectivity index (χ1v) is 9.73. The first-order valence-electron chi connectivity index (χ1n) is 8.27. The normalized spacial score (nSPS) is 14.1. The first-order chi connectivity index (χ1) is 13.5. The molecule has 1 aliphatic rings. The fourth-order valence-electron chi connectivity index (χ4n) is 2.85. The van der Waals surface area contributed by atoms with Gasteiger partial charge in [0.15, 0.2) is 5.58 Å². The molecule has 0 saturated heterocycles. The Morgan fingerprint density at radius 3 is 2.82 bits per heavy atom. The molecule has 0 fully saturated rings. The lowest BCUT2D eigenvalue weighted by atomic mass is 10.2. The second kappa shape index (κ2) is 7.53. The fourth-order valence-corrected chi connectivity index (χ4v) is 3.54. The molecule has 2 amide bonds. The number of hydrogen-bond acceptors (Lipinski definition) is 6. The van der Waals surface area contributed by atoms with Crippen LogP contribution in [0.1, 0.15) is 0 Å². The highest BCUT2D eigenvalue weighted by Gasteiger charge is 2.30. The van der Waals surface area contributed by atoms with Crippen molar-refractivity contribution in [1.82, 2.24) is 9.88 Å². The quantitative estimate of drug-likeness (QED) is 0.404. The first kappa shape index (κ1) is 18.9. The van der Waals surface area contributed by atoms with Crippen LogP contribution in [0.25, 0.3) is 22.6 Å². The molecule has 0 unspecified atom stereocenters. The Morgan fingerprint density at radius 2 is 2.04 bits per heavy atom. The number of fused-ring (bicyclic) bond motifs is 1. The molecule has 2 heterocycles. The number of imide groups is 1. The van der Waals surface area contributed by atoms with Crippen LogP contribution < -0.4 is 5.32 Å². The second-order valence-electron chi connectivity index (χ2n) is 6.03. The Labute approximate surface area is 178 Å². The van der Waals surface area contributed by atoms with Gasteiger partial charge in [-0.2, -0.15) is 0 Å². The number of halogens is 2. The maximum Gasteiger partial charge on any atom is 0.277 e. The summed E-state index contributed by atoms with van der Waals surface area (Å²) in [6, 6.07) is 10.7. The van der Waals surface area contributed by atoms with Crippen LogP contribution in [0.15, 0.2) is 52.6 Å². The van der Waals surface area contributed by atoms with Gasteiger partial charge in [-0.25, -0.2) is 4.98 Å². The van der Waals surface area contributed by atoms with E-state index in [0.717, 1.165) is 8.47 Å². The molecule has 2 aromatic carbocycles. The number of nitrogens with zero attached hydrogens (tertiary/aromatic N) is 2. The van der Waals surface area contributed by atoms with Crippen molar-refractivity contribution in [1.29, 1.82) is 0 Å². The van der Waals surface area contributed by atoms with Gasteiger partial charge in [0.1, 0.15) is 11.2 Å². The third-order valence-electron chi connectivity index (χ3n) is 4.16. The Balaban J connectivity index is 1.62. The maximum atomic E-state index is 12.2. The van der Waals surface area contributed by atoms with Gasteiger partial charge >= 0.3 is 0 Å². The average molecular weight is 510 g/mol. The zero-order chi connectivity index (χ0) is 19.8. The van der Waals surface area contributed by atoms with E-state index in [9.17, 15) is 9.59 Å². The van der Waals surface area contributed by atoms with Crippen LogP contribution in [0, 0.1) is 3.57 Å². The van der Waals surface area contributed by atoms with Crippen molar-refractivity contribution in [2.45, 2.75) is 0 Å². The van der Waals surface area contributed by atoms with Crippen molar-refractivity contribution in [3.05, 3.63) is 56.8 Å². The van der Waals surface area contributed by atoms with Crippen LogP contribution in [0.4, 0.5) is 5.69 Å². The number of aromatic nitrogens is 1. The molecule has 142 valence electrons. The third kappa shape index (κ3) is 3.50. The molecule has 7 nitrogen and oxygen atoms in total. The van der Waals surface area contributed by atoms with Gasteiger partial charge in [0.05, 0.1) is 23.7 Å². The summed E-state index contributed by atoms with van der Waals surface area (Å²) >= 11 is 8.44. The Kier molecular flexibility index (Phi) is 5.09. The van der Waals surface area contributed by atoms with Crippen LogP contribution >= 0.6 is 34.2 Å². The molecule has 28 heavy (non-hydrogen) atoms. The smallest absolute Gasteiger partial charge is 0.277 e. The molecule has 3 aromatic rings. The van der Waals surface area contributed by atoms with Crippen molar-refractivity contribution < 1.29 is 19.1 Å². The molecule has 0 saturated carbocycles. The van der Waals surface area contributed by atoms with Crippen LogP contribution in [-0.2, 0) is 9.59 Å². The Morgan fingerprint density at radius 1 is 1.21 bits per heavy atom. The summed E-state index contributed by atoms with van der Waals surface area (Å²) in [5.74, 6) is -0.540. The minimum atomic E-state index is -0.481. The number of carbonyl (C=O) groups is 2. The molecule has 2 N–H and O–H groups in total. The van der Waals surface area contributed by atoms with Gasteiger partial charge in [0, 0.05) is 15.3 Å². The number of amides is 2. The van der Waals surface area contributed by atoms with Crippen molar-refractivity contribution >= 4 is 62.8 Å². The molecule has 0 aliphatic carbocycles. The van der Waals surface area contributed by atoms with Crippen molar-refractivity contribution in [3.63, 3.8) is 0 Å². The highest BCUT2D eigenvalue weighted by Crippen LogP contribution is 2.32. The predicted molar refractivity (Wildman–Crippen MR) is 113 cm³/mol. The van der Waals surface area contributed by atoms with Gasteiger partial charge in [-0.3, -0.25) is 14.5 Å². The molecular formula is C19H13ClIN3O4. The predicted octanol–water partition coefficient (Wildman–Crippen LogP) is 3.41. The standard InChI is InChI=1S/C19H13ClIN3O4/c20-13-3-1-10(21)7-12(13)18-23-14-8-11(2-4-16(14)28-18)22-15-9-17(26)24(5-6-25)19(15)27/h1-4,7-9,22,25H,5-6H2. The van der Waals surface area contributed by atoms with Crippen LogP contribution in [0.5, 0.6) is 0 Å². The number of rotatable bonds is 5. The lowest BCUT2D eigenvalue weighted by molar-refractivity contribution is -0.137. The van der Waals surface area contributed by atoms with Gasteiger partial charge in [0.2, 0.25) is 5.89 Å². The maximum absolute atomic E-state index is 12.2. The Hall–Kier alpha value is -2.43. The molecule has 0 radical (unpaired) electrons. The number of oxazole rings is 1. The summed E-state index contributed by atoms with van der Waals surface area (Å²) in [4.78, 5) is 29.6. The number of benzene rings is 2. The molecule has 0 atom stereocenters. The minimum Gasteiger partial charge on any atom is -0.436 e. The Bertz CT molecular complexity index is 1140. The lowest BCUT2D eigenvalue weighted by Gasteiger charge is -2.13. The van der Waals surface area contributed by atoms with Crippen LogP contribution in [0.2, 0.25) is 5.02 Å². The number of aliphatic hydroxyl groups excluding tert-OH is 1. The van der Waals surface area contributed by atoms with Gasteiger partial charge in [-0.1, -0.05) is 11.6 Å². The summed E-state index contributed by atoms with van der Waals surface area (Å²) in [6.07, 6.45) is 1.21. The zero-order valence-electron chi connectivity index (χ0n) is 14.3. The monoisotopic (exact) mass is 509 g/mol. The molecule has 9 heteroatoms. The highest BCUT2D eigenvalue weighted by atomic mass is 127. The summed E-state index contributed by atoms with van der Waals surface area (Å²) in [5.41, 5.74) is 2.57. The van der Waals surface area contributed by atoms with Gasteiger partial charge < -0.3 is 14.8 Å². The summed E-state index contributed by atoms with van der Waals surface area (Å²) < 4.78 is 6.81. The van der Waals surface area contributed by atoms with Crippen molar-refractivity contribution in [2.24, 2.45) is 0 Å². The number of nitrogens with one attached hydrogen (secondary N) is 1. The van der Waals surface area contributed by atoms with Crippen molar-refractivity contribution in [2.75, 3.05) is 18.5 Å². The van der Waals surface area contributed by atoms with E-state index < -0.39 is 11.8 Å². The van der Waals surface area contributed by atoms with Gasteiger partial charge in [-0.05, 0) is 59.0 Å². The van der Waals surface area contributed by atoms with Gasteiger partial charge in [-0.15, -0.1) is 0 Å². The van der Waals surface area contributed by atoms with E-state index in [1.54, 1.807) is 24.3 Å². The molecule has 0 bridgehead atoms. The van der Waals surface area contributed by atoms with E-state index in [1.807, 2.05) is 12.1 Å². The van der Waals surface area contributed by atoms with Gasteiger partial charge in [0.25, 0.3) is 11.8 Å². The molecular weight excluding hydrogens is 497 g/mol. The SMILES string of the molecule is O=C1C=C(Nc2ccc3oc(-c4cc(I)ccc4Cl)nc3c2)C(=O)N1CCO. The minimum absolute atomic E-state index is 0.0400. The van der Waals surface area contributed by atoms with Crippen molar-refractivity contribution in [3.8, 4) is 11.5 Å². The van der Waals surface area contributed by atoms with Crippen LogP contribution in [0.3, 0.4) is 0 Å². The van der Waals surface area contributed by atoms with E-state index in [-0.39, 0.29) is 18.8 Å². The second-order valence-corrected chi connectivity index (χ2v) is 7.68. The summed E-state index contributed by atoms with van der Waals surface area (Å²) in [7, 11) is 0. The van der Waals surface area contributed by atoms with E-state index in [1.165, 1.54) is 6.08 Å². The number of carbonyl (C=O) groups excluding carboxylic acids is 2. The molecule has 0 spiro atoms. The van der Waals surface area contributed by atoms with E-state index in [4.69, 9.17) is 21.1 Å². The molecule has 1 aromatic heterocycles. The molecule has 4 rings (SSSR count). The van der Waals surface area contributed by atoms with E-state index in [2.05, 4.69) is 32.9 Å². The number of β-amino-alcohol motifs (C(OH)–C–C–N with tert-alkyl or cyclic N) is 1. The highest BCUT2D eigenvalue weighted by molar-refractivity contribution is 14.1. The van der Waals surface area contributed by atoms with E-state index in [0.29, 0.717) is 33.3 Å². The summed E-state index contributed by atoms with van der Waals surface area (Å²) in [5, 5.41) is 12.4. The topological polar surface area (TPSA) is 95.7 Å². The third-order valence-corrected chi connectivity index (χ3v) is 5.16. The zero-order valence-corrected chi connectivity index (χ0v) is 17.2. The fraction of sp³-hybridized carbons (Fsp3) is 0.105. The van der Waals surface area contributed by atoms with Crippen LogP contribution in [-0.4, -0.2) is 40.0 Å². The lowest BCUT2D eigenvalue weighted by Crippen LogP contribution is -2.34.